The predicted octanol–water partition coefficient (Wildman–Crippen LogP) is -0.595. The van der Waals surface area contributed by atoms with Gasteiger partial charge in [-0.2, -0.15) is 0 Å². The molecule has 0 aliphatic rings. The summed E-state index contributed by atoms with van der Waals surface area (Å²) in [6.07, 6.45) is 0.946. The van der Waals surface area contributed by atoms with Gasteiger partial charge in [0, 0.05) is 20.2 Å². The number of tetrazole rings is 1. The van der Waals surface area contributed by atoms with Crippen molar-refractivity contribution in [2.75, 3.05) is 20.3 Å². The van der Waals surface area contributed by atoms with E-state index in [4.69, 9.17) is 10.5 Å². The summed E-state index contributed by atoms with van der Waals surface area (Å²) in [6.45, 7) is 6.17. The number of carbonyl (C=O) groups excluding carboxylic acids is 1. The van der Waals surface area contributed by atoms with Gasteiger partial charge in [0.05, 0.1) is 19.2 Å². The van der Waals surface area contributed by atoms with E-state index in [0.29, 0.717) is 19.7 Å². The van der Waals surface area contributed by atoms with Gasteiger partial charge in [0.25, 0.3) is 0 Å². The molecule has 0 saturated heterocycles. The molecule has 0 saturated carbocycles. The van der Waals surface area contributed by atoms with Crippen molar-refractivity contribution in [3.63, 3.8) is 0 Å². The van der Waals surface area contributed by atoms with Crippen LogP contribution in [0.5, 0.6) is 0 Å². The normalized spacial score (nSPS) is 12.8. The zero-order chi connectivity index (χ0) is 14.3. The molecule has 0 aliphatic carbocycles. The molecule has 2 N–H and O–H groups in total. The van der Waals surface area contributed by atoms with E-state index in [2.05, 4.69) is 22.4 Å². The molecule has 0 bridgehead atoms. The third kappa shape index (κ3) is 4.56. The average Bonchev–Trinajstić information content (AvgIpc) is 2.81. The number of nitrogens with two attached hydrogens (primary N) is 1. The lowest BCUT2D eigenvalue weighted by molar-refractivity contribution is -0.123. The molecule has 0 spiro atoms. The first-order valence-electron chi connectivity index (χ1n) is 6.37. The van der Waals surface area contributed by atoms with E-state index in [1.807, 2.05) is 4.90 Å². The van der Waals surface area contributed by atoms with Gasteiger partial charge in [0.15, 0.2) is 5.82 Å². The molecule has 0 unspecified atom stereocenters. The fourth-order valence-electron chi connectivity index (χ4n) is 1.70. The van der Waals surface area contributed by atoms with Crippen molar-refractivity contribution in [2.45, 2.75) is 39.4 Å². The van der Waals surface area contributed by atoms with Crippen LogP contribution in [-0.4, -0.2) is 57.3 Å². The molecule has 108 valence electrons. The number of rotatable bonds is 9. The third-order valence-electron chi connectivity index (χ3n) is 2.93. The van der Waals surface area contributed by atoms with E-state index in [1.165, 1.54) is 0 Å². The Morgan fingerprint density at radius 2 is 2.32 bits per heavy atom. The van der Waals surface area contributed by atoms with Gasteiger partial charge in [-0.25, -0.2) is 4.68 Å². The number of methoxy groups -OCH3 is 1. The molecular formula is C11H22N6O2. The highest BCUT2D eigenvalue weighted by atomic mass is 16.5. The van der Waals surface area contributed by atoms with Crippen LogP contribution < -0.4 is 5.73 Å². The van der Waals surface area contributed by atoms with Gasteiger partial charge in [-0.05, 0) is 23.8 Å². The van der Waals surface area contributed by atoms with Crippen LogP contribution in [0.25, 0.3) is 0 Å². The summed E-state index contributed by atoms with van der Waals surface area (Å²) < 4.78 is 6.79. The predicted molar refractivity (Wildman–Crippen MR) is 69.1 cm³/mol. The summed E-state index contributed by atoms with van der Waals surface area (Å²) in [7, 11) is 1.62. The van der Waals surface area contributed by atoms with Crippen molar-refractivity contribution in [1.29, 1.82) is 0 Å². The Morgan fingerprint density at radius 3 is 2.89 bits per heavy atom. The number of nitrogens with zero attached hydrogens (tertiary/aromatic N) is 5. The van der Waals surface area contributed by atoms with Crippen LogP contribution in [-0.2, 0) is 22.6 Å². The number of amides is 1. The number of carbonyl (C=O) groups is 1. The van der Waals surface area contributed by atoms with Crippen LogP contribution in [0.15, 0.2) is 0 Å². The first kappa shape index (κ1) is 15.5. The Balaban J connectivity index is 2.75. The molecule has 0 aliphatic heterocycles. The lowest BCUT2D eigenvalue weighted by Gasteiger charge is -2.25. The van der Waals surface area contributed by atoms with Crippen molar-refractivity contribution in [3.05, 3.63) is 5.82 Å². The summed E-state index contributed by atoms with van der Waals surface area (Å²) in [5, 5.41) is 11.6. The molecule has 8 nitrogen and oxygen atoms in total. The Kier molecular flexibility index (Phi) is 6.37. The largest absolute Gasteiger partial charge is 0.383 e. The van der Waals surface area contributed by atoms with Gasteiger partial charge in [-0.3, -0.25) is 9.69 Å². The highest BCUT2D eigenvalue weighted by molar-refractivity contribution is 5.79. The first-order chi connectivity index (χ1) is 9.10. The topological polar surface area (TPSA) is 99.2 Å². The van der Waals surface area contributed by atoms with E-state index in [1.54, 1.807) is 18.7 Å². The van der Waals surface area contributed by atoms with Crippen LogP contribution in [0.4, 0.5) is 0 Å². The highest BCUT2D eigenvalue weighted by Gasteiger charge is 2.21. The van der Waals surface area contributed by atoms with Crippen LogP contribution in [0.1, 0.15) is 26.1 Å². The summed E-state index contributed by atoms with van der Waals surface area (Å²) in [4.78, 5) is 13.2. The van der Waals surface area contributed by atoms with Gasteiger partial charge in [-0.1, -0.05) is 6.92 Å². The van der Waals surface area contributed by atoms with Crippen molar-refractivity contribution in [3.8, 4) is 0 Å². The van der Waals surface area contributed by atoms with Gasteiger partial charge >= 0.3 is 0 Å². The number of hydrogen-bond acceptors (Lipinski definition) is 6. The summed E-state index contributed by atoms with van der Waals surface area (Å²) >= 11 is 0. The Labute approximate surface area is 112 Å². The molecular weight excluding hydrogens is 248 g/mol. The lowest BCUT2D eigenvalue weighted by atomic mass is 10.2. The molecule has 1 aromatic heterocycles. The van der Waals surface area contributed by atoms with Crippen molar-refractivity contribution < 1.29 is 9.53 Å². The smallest absolute Gasteiger partial charge is 0.234 e. The van der Waals surface area contributed by atoms with E-state index in [0.717, 1.165) is 18.8 Å². The summed E-state index contributed by atoms with van der Waals surface area (Å²) in [5.41, 5.74) is 5.35. The molecule has 1 aromatic rings. The molecule has 0 fully saturated rings. The molecule has 19 heavy (non-hydrogen) atoms. The standard InChI is InChI=1S/C11H22N6O2/c1-4-5-17-10(13-14-15-17)8-16(6-7-19-3)9(2)11(12)18/h9H,4-8H2,1-3H3,(H2,12,18)/t9-/m1/s1. The minimum atomic E-state index is -0.387. The number of aromatic nitrogens is 4. The maximum atomic E-state index is 11.3. The molecule has 1 atom stereocenters. The minimum absolute atomic E-state index is 0.370. The van der Waals surface area contributed by atoms with Gasteiger partial charge in [0.2, 0.25) is 5.91 Å². The molecule has 8 heteroatoms. The zero-order valence-corrected chi connectivity index (χ0v) is 11.7. The van der Waals surface area contributed by atoms with Crippen molar-refractivity contribution in [1.82, 2.24) is 25.1 Å². The van der Waals surface area contributed by atoms with E-state index in [9.17, 15) is 4.79 Å². The quantitative estimate of drug-likeness (QED) is 0.643. The second-order valence-electron chi connectivity index (χ2n) is 4.36. The molecule has 1 amide bonds. The third-order valence-corrected chi connectivity index (χ3v) is 2.93. The molecule has 1 heterocycles. The maximum Gasteiger partial charge on any atom is 0.234 e. The Hall–Kier alpha value is -1.54. The molecule has 1 rings (SSSR count). The van der Waals surface area contributed by atoms with Crippen LogP contribution in [0, 0.1) is 0 Å². The van der Waals surface area contributed by atoms with Crippen LogP contribution in [0.2, 0.25) is 0 Å². The highest BCUT2D eigenvalue weighted by Crippen LogP contribution is 2.06. The molecule has 0 radical (unpaired) electrons. The van der Waals surface area contributed by atoms with Crippen LogP contribution >= 0.6 is 0 Å². The van der Waals surface area contributed by atoms with Crippen LogP contribution in [0.3, 0.4) is 0 Å². The Morgan fingerprint density at radius 1 is 1.58 bits per heavy atom. The van der Waals surface area contributed by atoms with Crippen molar-refractivity contribution >= 4 is 5.91 Å². The number of primary amides is 1. The van der Waals surface area contributed by atoms with E-state index < -0.39 is 0 Å². The first-order valence-corrected chi connectivity index (χ1v) is 6.37. The number of hydrogen-bond donors (Lipinski definition) is 1. The van der Waals surface area contributed by atoms with E-state index in [-0.39, 0.29) is 11.9 Å². The molecule has 0 aromatic carbocycles. The minimum Gasteiger partial charge on any atom is -0.383 e. The van der Waals surface area contributed by atoms with Crippen molar-refractivity contribution in [2.24, 2.45) is 5.73 Å². The van der Waals surface area contributed by atoms with E-state index >= 15 is 0 Å². The summed E-state index contributed by atoms with van der Waals surface area (Å²) in [5.74, 6) is 0.358. The van der Waals surface area contributed by atoms with Gasteiger partial charge in [-0.15, -0.1) is 5.10 Å². The second-order valence-corrected chi connectivity index (χ2v) is 4.36. The maximum absolute atomic E-state index is 11.3. The SMILES string of the molecule is CCCn1nnnc1CN(CCOC)[C@H](C)C(N)=O. The van der Waals surface area contributed by atoms with Gasteiger partial charge < -0.3 is 10.5 Å². The Bertz CT molecular complexity index is 394. The number of ether oxygens (including phenoxy) is 1. The fourth-order valence-corrected chi connectivity index (χ4v) is 1.70. The summed E-state index contributed by atoms with van der Waals surface area (Å²) in [6, 6.07) is -0.387. The average molecular weight is 270 g/mol. The monoisotopic (exact) mass is 270 g/mol. The van der Waals surface area contributed by atoms with Gasteiger partial charge in [0.1, 0.15) is 0 Å². The number of aryl methyl sites for hydroxylation is 1. The zero-order valence-electron chi connectivity index (χ0n) is 11.7. The second kappa shape index (κ2) is 7.80. The lowest BCUT2D eigenvalue weighted by Crippen LogP contribution is -2.44. The fraction of sp³-hybridized carbons (Fsp3) is 0.818.